The van der Waals surface area contributed by atoms with E-state index in [1.165, 1.54) is 14.2 Å². The van der Waals surface area contributed by atoms with Gasteiger partial charge in [0.1, 0.15) is 4.32 Å². The van der Waals surface area contributed by atoms with Gasteiger partial charge in [-0.2, -0.15) is 0 Å². The van der Waals surface area contributed by atoms with E-state index in [1.807, 2.05) is 0 Å². The number of thioether (sulfide) groups is 1. The molecule has 2 rings (SSSR count). The maximum absolute atomic E-state index is 12.5. The largest absolute Gasteiger partial charge is 0.493 e. The van der Waals surface area contributed by atoms with Crippen molar-refractivity contribution in [3.8, 4) is 11.5 Å². The van der Waals surface area contributed by atoms with Gasteiger partial charge in [0, 0.05) is 5.56 Å². The quantitative estimate of drug-likeness (QED) is 0.573. The number of rotatable bonds is 6. The van der Waals surface area contributed by atoms with Crippen LogP contribution in [0.1, 0.15) is 5.56 Å². The van der Waals surface area contributed by atoms with Crippen molar-refractivity contribution < 1.29 is 29.3 Å². The first-order chi connectivity index (χ1) is 11.4. The van der Waals surface area contributed by atoms with E-state index in [2.05, 4.69) is 0 Å². The van der Waals surface area contributed by atoms with Crippen LogP contribution in [0.3, 0.4) is 0 Å². The van der Waals surface area contributed by atoms with Crippen LogP contribution >= 0.6 is 24.0 Å². The molecule has 1 amide bonds. The van der Waals surface area contributed by atoms with Crippen LogP contribution in [0.2, 0.25) is 0 Å². The van der Waals surface area contributed by atoms with Gasteiger partial charge in [0.05, 0.1) is 25.7 Å². The van der Waals surface area contributed by atoms with Crippen LogP contribution in [0.25, 0.3) is 6.08 Å². The minimum Gasteiger partial charge on any atom is -0.493 e. The number of thiocarbonyl (C=S) groups is 1. The standard InChI is InChI=1S/C15H15NO6S2/c1-21-10-5-3-4-8(12(10)22-2)6-11-13(18)16(15(23)24-11)9(7-17)14(19)20/h3-6,9,17H,7H2,1-2H3,(H,19,20)/b11-6-/t9-/m0/s1. The normalized spacial score (nSPS) is 17.3. The number of benzene rings is 1. The number of para-hydroxylation sites is 1. The van der Waals surface area contributed by atoms with Gasteiger partial charge in [-0.25, -0.2) is 4.79 Å². The van der Waals surface area contributed by atoms with E-state index >= 15 is 0 Å². The average molecular weight is 369 g/mol. The molecular weight excluding hydrogens is 354 g/mol. The lowest BCUT2D eigenvalue weighted by molar-refractivity contribution is -0.146. The van der Waals surface area contributed by atoms with Gasteiger partial charge >= 0.3 is 5.97 Å². The Balaban J connectivity index is 2.41. The van der Waals surface area contributed by atoms with Gasteiger partial charge in [0.2, 0.25) is 0 Å². The maximum Gasteiger partial charge on any atom is 0.329 e. The Morgan fingerprint density at radius 3 is 2.67 bits per heavy atom. The third kappa shape index (κ3) is 3.37. The molecule has 0 bridgehead atoms. The van der Waals surface area contributed by atoms with Crippen molar-refractivity contribution in [3.05, 3.63) is 28.7 Å². The summed E-state index contributed by atoms with van der Waals surface area (Å²) in [7, 11) is 2.98. The number of nitrogens with zero attached hydrogens (tertiary/aromatic N) is 1. The fourth-order valence-electron chi connectivity index (χ4n) is 2.19. The Bertz CT molecular complexity index is 718. The van der Waals surface area contributed by atoms with Crippen molar-refractivity contribution in [1.82, 2.24) is 4.90 Å². The number of methoxy groups -OCH3 is 2. The summed E-state index contributed by atoms with van der Waals surface area (Å²) in [4.78, 5) is 24.8. The van der Waals surface area contributed by atoms with Gasteiger partial charge in [-0.15, -0.1) is 0 Å². The summed E-state index contributed by atoms with van der Waals surface area (Å²) in [5.41, 5.74) is 0.591. The number of carbonyl (C=O) groups is 2. The number of carboxylic acid groups (broad SMARTS) is 1. The van der Waals surface area contributed by atoms with E-state index in [9.17, 15) is 14.7 Å². The second-order valence-corrected chi connectivity index (χ2v) is 6.35. The Kier molecular flexibility index (Phi) is 5.81. The van der Waals surface area contributed by atoms with Crippen molar-refractivity contribution in [1.29, 1.82) is 0 Å². The summed E-state index contributed by atoms with van der Waals surface area (Å²) >= 11 is 6.05. The van der Waals surface area contributed by atoms with E-state index in [0.717, 1.165) is 16.7 Å². The molecule has 0 unspecified atom stereocenters. The zero-order valence-electron chi connectivity index (χ0n) is 12.9. The van der Waals surface area contributed by atoms with Crippen molar-refractivity contribution in [2.45, 2.75) is 6.04 Å². The van der Waals surface area contributed by atoms with Crippen LogP contribution in [-0.2, 0) is 9.59 Å². The molecular formula is C15H15NO6S2. The first-order valence-electron chi connectivity index (χ1n) is 6.76. The van der Waals surface area contributed by atoms with Gasteiger partial charge in [-0.1, -0.05) is 36.1 Å². The van der Waals surface area contributed by atoms with Gasteiger partial charge < -0.3 is 19.7 Å². The summed E-state index contributed by atoms with van der Waals surface area (Å²) in [6.45, 7) is -0.725. The fourth-order valence-corrected chi connectivity index (χ4v) is 3.53. The minimum absolute atomic E-state index is 0.0783. The van der Waals surface area contributed by atoms with Crippen LogP contribution in [0.4, 0.5) is 0 Å². The molecule has 0 aromatic heterocycles. The number of aliphatic carboxylic acids is 1. The van der Waals surface area contributed by atoms with Crippen molar-refractivity contribution >= 4 is 46.3 Å². The van der Waals surface area contributed by atoms with E-state index < -0.39 is 24.5 Å². The van der Waals surface area contributed by atoms with E-state index in [4.69, 9.17) is 26.8 Å². The molecule has 1 aliphatic heterocycles. The molecule has 1 aliphatic rings. The lowest BCUT2D eigenvalue weighted by atomic mass is 10.1. The highest BCUT2D eigenvalue weighted by atomic mass is 32.2. The lowest BCUT2D eigenvalue weighted by Gasteiger charge is -2.20. The van der Waals surface area contributed by atoms with Crippen LogP contribution in [-0.4, -0.2) is 58.2 Å². The van der Waals surface area contributed by atoms with Gasteiger partial charge in [-0.3, -0.25) is 9.69 Å². The Morgan fingerprint density at radius 2 is 2.12 bits per heavy atom. The molecule has 0 aliphatic carbocycles. The Labute approximate surface area is 147 Å². The van der Waals surface area contributed by atoms with Gasteiger partial charge in [0.15, 0.2) is 17.5 Å². The monoisotopic (exact) mass is 369 g/mol. The van der Waals surface area contributed by atoms with E-state index in [1.54, 1.807) is 24.3 Å². The molecule has 0 saturated carbocycles. The molecule has 1 aromatic carbocycles. The fraction of sp³-hybridized carbons (Fsp3) is 0.267. The Hall–Kier alpha value is -2.10. The number of hydrogen-bond acceptors (Lipinski definition) is 7. The third-order valence-corrected chi connectivity index (χ3v) is 4.64. The molecule has 24 heavy (non-hydrogen) atoms. The molecule has 128 valence electrons. The lowest BCUT2D eigenvalue weighted by Crippen LogP contribution is -2.46. The van der Waals surface area contributed by atoms with Crippen LogP contribution in [0.15, 0.2) is 23.1 Å². The molecule has 1 heterocycles. The average Bonchev–Trinajstić information content (AvgIpc) is 2.82. The number of ether oxygens (including phenoxy) is 2. The second kappa shape index (κ2) is 7.65. The molecule has 1 fully saturated rings. The SMILES string of the molecule is COc1cccc(/C=C2\SC(=S)N([C@@H](CO)C(=O)O)C2=O)c1OC. The van der Waals surface area contributed by atoms with Crippen LogP contribution < -0.4 is 9.47 Å². The Morgan fingerprint density at radius 1 is 1.42 bits per heavy atom. The molecule has 1 saturated heterocycles. The van der Waals surface area contributed by atoms with Crippen molar-refractivity contribution in [2.24, 2.45) is 0 Å². The van der Waals surface area contributed by atoms with E-state index in [0.29, 0.717) is 17.1 Å². The zero-order chi connectivity index (χ0) is 17.9. The molecule has 9 heteroatoms. The molecule has 1 aromatic rings. The number of hydrogen-bond donors (Lipinski definition) is 2. The number of carbonyl (C=O) groups excluding carboxylic acids is 1. The summed E-state index contributed by atoms with van der Waals surface area (Å²) < 4.78 is 10.6. The predicted octanol–water partition coefficient (Wildman–Crippen LogP) is 1.35. The molecule has 0 radical (unpaired) electrons. The van der Waals surface area contributed by atoms with Gasteiger partial charge in [0.25, 0.3) is 5.91 Å². The predicted molar refractivity (Wildman–Crippen MR) is 93.1 cm³/mol. The van der Waals surface area contributed by atoms with Crippen LogP contribution in [0, 0.1) is 0 Å². The smallest absolute Gasteiger partial charge is 0.329 e. The topological polar surface area (TPSA) is 96.3 Å². The zero-order valence-corrected chi connectivity index (χ0v) is 14.5. The molecule has 1 atom stereocenters. The number of amides is 1. The van der Waals surface area contributed by atoms with Crippen molar-refractivity contribution in [3.63, 3.8) is 0 Å². The summed E-state index contributed by atoms with van der Waals surface area (Å²) in [6, 6.07) is 3.78. The first kappa shape index (κ1) is 18.2. The van der Waals surface area contributed by atoms with Gasteiger partial charge in [-0.05, 0) is 12.1 Å². The third-order valence-electron chi connectivity index (χ3n) is 3.31. The first-order valence-corrected chi connectivity index (χ1v) is 7.98. The minimum atomic E-state index is -1.41. The molecule has 0 spiro atoms. The van der Waals surface area contributed by atoms with E-state index in [-0.39, 0.29) is 9.23 Å². The molecule has 2 N–H and O–H groups in total. The van der Waals surface area contributed by atoms with Crippen LogP contribution in [0.5, 0.6) is 11.5 Å². The summed E-state index contributed by atoms with van der Waals surface area (Å²) in [5, 5.41) is 18.3. The summed E-state index contributed by atoms with van der Waals surface area (Å²) in [6.07, 6.45) is 1.55. The summed E-state index contributed by atoms with van der Waals surface area (Å²) in [5.74, 6) is -0.951. The van der Waals surface area contributed by atoms with Crippen molar-refractivity contribution in [2.75, 3.05) is 20.8 Å². The number of aliphatic hydroxyl groups excluding tert-OH is 1. The highest BCUT2D eigenvalue weighted by molar-refractivity contribution is 8.26. The highest BCUT2D eigenvalue weighted by Gasteiger charge is 2.40. The highest BCUT2D eigenvalue weighted by Crippen LogP contribution is 2.38. The second-order valence-electron chi connectivity index (χ2n) is 4.67. The number of carboxylic acids is 1. The molecule has 7 nitrogen and oxygen atoms in total. The number of aliphatic hydroxyl groups is 1. The maximum atomic E-state index is 12.5.